The van der Waals surface area contributed by atoms with Gasteiger partial charge in [0.05, 0.1) is 5.56 Å². The zero-order chi connectivity index (χ0) is 14.8. The molecule has 0 saturated carbocycles. The highest BCUT2D eigenvalue weighted by Crippen LogP contribution is 2.24. The molecule has 0 spiro atoms. The van der Waals surface area contributed by atoms with Crippen LogP contribution in [0.3, 0.4) is 0 Å². The lowest BCUT2D eigenvalue weighted by Crippen LogP contribution is -2.36. The van der Waals surface area contributed by atoms with Crippen molar-refractivity contribution in [1.82, 2.24) is 0 Å². The largest absolute Gasteiger partial charge is 0.478 e. The summed E-state index contributed by atoms with van der Waals surface area (Å²) in [6.07, 6.45) is 0. The van der Waals surface area contributed by atoms with Gasteiger partial charge < -0.3 is 15.3 Å². The molecule has 2 aromatic carbocycles. The SMILES string of the molecule is O=C(O)c1ccccc1C(=O)C(O)(O)c1ccccc1. The van der Waals surface area contributed by atoms with E-state index in [0.717, 1.165) is 0 Å². The Morgan fingerprint density at radius 1 is 0.800 bits per heavy atom. The molecule has 0 unspecified atom stereocenters. The van der Waals surface area contributed by atoms with Gasteiger partial charge in [-0.15, -0.1) is 0 Å². The number of Topliss-reactive ketones (excluding diaryl/α,β-unsaturated/α-hetero) is 1. The molecule has 0 atom stereocenters. The monoisotopic (exact) mass is 272 g/mol. The van der Waals surface area contributed by atoms with Gasteiger partial charge in [0.15, 0.2) is 0 Å². The van der Waals surface area contributed by atoms with Crippen molar-refractivity contribution in [2.24, 2.45) is 0 Å². The molecule has 0 aliphatic carbocycles. The van der Waals surface area contributed by atoms with Crippen LogP contribution in [0.25, 0.3) is 0 Å². The molecular weight excluding hydrogens is 260 g/mol. The van der Waals surface area contributed by atoms with Crippen molar-refractivity contribution in [3.8, 4) is 0 Å². The van der Waals surface area contributed by atoms with Crippen LogP contribution < -0.4 is 0 Å². The van der Waals surface area contributed by atoms with E-state index < -0.39 is 17.5 Å². The topological polar surface area (TPSA) is 94.8 Å². The lowest BCUT2D eigenvalue weighted by molar-refractivity contribution is -0.128. The summed E-state index contributed by atoms with van der Waals surface area (Å²) in [7, 11) is 0. The lowest BCUT2D eigenvalue weighted by Gasteiger charge is -2.21. The Labute approximate surface area is 114 Å². The number of aliphatic hydroxyl groups is 2. The molecule has 0 aromatic heterocycles. The Hall–Kier alpha value is -2.50. The first kappa shape index (κ1) is 13.9. The Balaban J connectivity index is 2.49. The maximum absolute atomic E-state index is 12.2. The molecule has 0 amide bonds. The van der Waals surface area contributed by atoms with Crippen molar-refractivity contribution in [2.75, 3.05) is 0 Å². The van der Waals surface area contributed by atoms with Gasteiger partial charge in [0.2, 0.25) is 5.78 Å². The summed E-state index contributed by atoms with van der Waals surface area (Å²) in [6, 6.07) is 12.9. The van der Waals surface area contributed by atoms with Crippen molar-refractivity contribution < 1.29 is 24.9 Å². The molecule has 0 saturated heterocycles. The molecule has 5 nitrogen and oxygen atoms in total. The smallest absolute Gasteiger partial charge is 0.336 e. The van der Waals surface area contributed by atoms with Crippen LogP contribution in [0.15, 0.2) is 54.6 Å². The van der Waals surface area contributed by atoms with Gasteiger partial charge in [0.25, 0.3) is 5.79 Å². The van der Waals surface area contributed by atoms with Crippen molar-refractivity contribution in [3.05, 3.63) is 71.3 Å². The van der Waals surface area contributed by atoms with E-state index in [4.69, 9.17) is 5.11 Å². The average Bonchev–Trinajstić information content (AvgIpc) is 2.47. The molecule has 2 aromatic rings. The Morgan fingerprint density at radius 2 is 1.30 bits per heavy atom. The summed E-state index contributed by atoms with van der Waals surface area (Å²) >= 11 is 0. The summed E-state index contributed by atoms with van der Waals surface area (Å²) < 4.78 is 0. The van der Waals surface area contributed by atoms with E-state index in [-0.39, 0.29) is 16.7 Å². The third kappa shape index (κ3) is 2.45. The highest BCUT2D eigenvalue weighted by Gasteiger charge is 2.37. The summed E-state index contributed by atoms with van der Waals surface area (Å²) in [5.74, 6) is -5.16. The average molecular weight is 272 g/mol. The zero-order valence-electron chi connectivity index (χ0n) is 10.4. The first-order chi connectivity index (χ1) is 9.44. The van der Waals surface area contributed by atoms with Gasteiger partial charge in [0.1, 0.15) is 0 Å². The van der Waals surface area contributed by atoms with Gasteiger partial charge in [-0.2, -0.15) is 0 Å². The van der Waals surface area contributed by atoms with Crippen LogP contribution in [0.4, 0.5) is 0 Å². The fourth-order valence-corrected chi connectivity index (χ4v) is 1.86. The Kier molecular flexibility index (Phi) is 3.65. The van der Waals surface area contributed by atoms with Crippen molar-refractivity contribution >= 4 is 11.8 Å². The molecule has 0 heterocycles. The third-order valence-corrected chi connectivity index (χ3v) is 2.90. The lowest BCUT2D eigenvalue weighted by atomic mass is 9.93. The fraction of sp³-hybridized carbons (Fsp3) is 0.0667. The molecule has 102 valence electrons. The second kappa shape index (κ2) is 5.24. The summed E-state index contributed by atoms with van der Waals surface area (Å²) in [6.45, 7) is 0. The van der Waals surface area contributed by atoms with Crippen molar-refractivity contribution in [3.63, 3.8) is 0 Å². The van der Waals surface area contributed by atoms with Crippen LogP contribution >= 0.6 is 0 Å². The summed E-state index contributed by atoms with van der Waals surface area (Å²) in [4.78, 5) is 23.3. The number of hydrogen-bond donors (Lipinski definition) is 3. The Bertz CT molecular complexity index is 646. The number of carboxylic acid groups (broad SMARTS) is 1. The van der Waals surface area contributed by atoms with E-state index in [1.54, 1.807) is 18.2 Å². The van der Waals surface area contributed by atoms with Crippen LogP contribution in [0.2, 0.25) is 0 Å². The van der Waals surface area contributed by atoms with E-state index in [0.29, 0.717) is 0 Å². The number of rotatable bonds is 4. The predicted octanol–water partition coefficient (Wildman–Crippen LogP) is 1.41. The molecule has 0 aliphatic heterocycles. The number of benzene rings is 2. The van der Waals surface area contributed by atoms with E-state index in [1.807, 2.05) is 0 Å². The predicted molar refractivity (Wildman–Crippen MR) is 70.3 cm³/mol. The van der Waals surface area contributed by atoms with Crippen LogP contribution in [0.5, 0.6) is 0 Å². The van der Waals surface area contributed by atoms with Crippen molar-refractivity contribution in [2.45, 2.75) is 5.79 Å². The Morgan fingerprint density at radius 3 is 1.85 bits per heavy atom. The quantitative estimate of drug-likeness (QED) is 0.577. The standard InChI is InChI=1S/C15H12O5/c16-13(11-8-4-5-9-12(11)14(17)18)15(19,20)10-6-2-1-3-7-10/h1-9,19-20H,(H,17,18). The molecule has 0 aliphatic rings. The van der Waals surface area contributed by atoms with E-state index >= 15 is 0 Å². The van der Waals surface area contributed by atoms with E-state index in [2.05, 4.69) is 0 Å². The van der Waals surface area contributed by atoms with Gasteiger partial charge in [-0.1, -0.05) is 48.5 Å². The molecule has 0 fully saturated rings. The fourth-order valence-electron chi connectivity index (χ4n) is 1.86. The molecule has 2 rings (SSSR count). The first-order valence-electron chi connectivity index (χ1n) is 5.82. The van der Waals surface area contributed by atoms with Crippen LogP contribution in [-0.2, 0) is 5.79 Å². The molecule has 3 N–H and O–H groups in total. The van der Waals surface area contributed by atoms with Crippen LogP contribution in [0, 0.1) is 0 Å². The van der Waals surface area contributed by atoms with Gasteiger partial charge in [-0.3, -0.25) is 4.79 Å². The minimum absolute atomic E-state index is 0.0230. The number of carboxylic acids is 1. The maximum Gasteiger partial charge on any atom is 0.336 e. The number of hydrogen-bond acceptors (Lipinski definition) is 4. The second-order valence-electron chi connectivity index (χ2n) is 4.22. The number of carbonyl (C=O) groups is 2. The maximum atomic E-state index is 12.2. The third-order valence-electron chi connectivity index (χ3n) is 2.90. The number of aromatic carboxylic acids is 1. The van der Waals surface area contributed by atoms with Gasteiger partial charge >= 0.3 is 5.97 Å². The van der Waals surface area contributed by atoms with Gasteiger partial charge in [-0.05, 0) is 6.07 Å². The zero-order valence-corrected chi connectivity index (χ0v) is 10.4. The van der Waals surface area contributed by atoms with Crippen molar-refractivity contribution in [1.29, 1.82) is 0 Å². The highest BCUT2D eigenvalue weighted by atomic mass is 16.5. The molecule has 5 heteroatoms. The molecule has 0 bridgehead atoms. The highest BCUT2D eigenvalue weighted by molar-refractivity contribution is 6.09. The minimum Gasteiger partial charge on any atom is -0.478 e. The summed E-state index contributed by atoms with van der Waals surface area (Å²) in [5, 5.41) is 29.1. The molecule has 20 heavy (non-hydrogen) atoms. The normalized spacial score (nSPS) is 11.1. The molecule has 0 radical (unpaired) electrons. The second-order valence-corrected chi connectivity index (χ2v) is 4.22. The van der Waals surface area contributed by atoms with Gasteiger partial charge in [-0.25, -0.2) is 4.79 Å². The number of ketones is 1. The first-order valence-corrected chi connectivity index (χ1v) is 5.82. The summed E-state index contributed by atoms with van der Waals surface area (Å²) in [5.41, 5.74) is -0.556. The number of carbonyl (C=O) groups excluding carboxylic acids is 1. The minimum atomic E-state index is -2.77. The van der Waals surface area contributed by atoms with Crippen LogP contribution in [-0.4, -0.2) is 27.1 Å². The van der Waals surface area contributed by atoms with E-state index in [9.17, 15) is 19.8 Å². The van der Waals surface area contributed by atoms with E-state index in [1.165, 1.54) is 36.4 Å². The van der Waals surface area contributed by atoms with Crippen LogP contribution in [0.1, 0.15) is 26.3 Å². The molecular formula is C15H12O5. The van der Waals surface area contributed by atoms with Gasteiger partial charge in [0, 0.05) is 11.1 Å².